The standard InChI is InChI=1S/C9H17N3O3S/c1-6-8(7(2)11-10-6)16(14,15)12-9(3,4)5-13/h12-13H,5H2,1-4H3,(H,10,11). The maximum atomic E-state index is 12.0. The van der Waals surface area contributed by atoms with Gasteiger partial charge in [-0.3, -0.25) is 5.10 Å². The van der Waals surface area contributed by atoms with Gasteiger partial charge in [-0.05, 0) is 27.7 Å². The summed E-state index contributed by atoms with van der Waals surface area (Å²) in [5.41, 5.74) is 0.00658. The highest BCUT2D eigenvalue weighted by Crippen LogP contribution is 2.18. The lowest BCUT2D eigenvalue weighted by Gasteiger charge is -2.23. The van der Waals surface area contributed by atoms with Crippen molar-refractivity contribution >= 4 is 10.0 Å². The fourth-order valence-electron chi connectivity index (χ4n) is 1.38. The van der Waals surface area contributed by atoms with Crippen molar-refractivity contribution in [3.05, 3.63) is 11.4 Å². The van der Waals surface area contributed by atoms with E-state index in [-0.39, 0.29) is 11.5 Å². The molecule has 0 saturated heterocycles. The number of aliphatic hydroxyl groups excluding tert-OH is 1. The zero-order valence-corrected chi connectivity index (χ0v) is 10.6. The first kappa shape index (κ1) is 13.1. The van der Waals surface area contributed by atoms with Crippen LogP contribution in [0.25, 0.3) is 0 Å². The maximum Gasteiger partial charge on any atom is 0.244 e. The summed E-state index contributed by atoms with van der Waals surface area (Å²) < 4.78 is 26.5. The molecule has 0 aliphatic rings. The highest BCUT2D eigenvalue weighted by Gasteiger charge is 2.29. The Morgan fingerprint density at radius 1 is 1.44 bits per heavy atom. The van der Waals surface area contributed by atoms with Crippen LogP contribution in [0.5, 0.6) is 0 Å². The van der Waals surface area contributed by atoms with Crippen LogP contribution in [0.15, 0.2) is 4.90 Å². The molecule has 0 amide bonds. The molecule has 6 nitrogen and oxygen atoms in total. The minimum absolute atomic E-state index is 0.147. The lowest BCUT2D eigenvalue weighted by Crippen LogP contribution is -2.46. The average molecular weight is 247 g/mol. The molecule has 0 radical (unpaired) electrons. The van der Waals surface area contributed by atoms with E-state index in [0.717, 1.165) is 0 Å². The number of aryl methyl sites for hydroxylation is 2. The number of hydrogen-bond donors (Lipinski definition) is 3. The van der Waals surface area contributed by atoms with Gasteiger partial charge in [0.05, 0.1) is 23.5 Å². The van der Waals surface area contributed by atoms with Crippen molar-refractivity contribution in [2.45, 2.75) is 38.1 Å². The average Bonchev–Trinajstić information content (AvgIpc) is 2.44. The van der Waals surface area contributed by atoms with Crippen LogP contribution in [0, 0.1) is 13.8 Å². The van der Waals surface area contributed by atoms with Crippen LogP contribution >= 0.6 is 0 Å². The Morgan fingerprint density at radius 3 is 2.38 bits per heavy atom. The summed E-state index contributed by atoms with van der Waals surface area (Å²) in [7, 11) is -3.65. The SMILES string of the molecule is Cc1n[nH]c(C)c1S(=O)(=O)NC(C)(C)CO. The molecule has 92 valence electrons. The molecule has 0 aliphatic carbocycles. The second-order valence-electron chi connectivity index (χ2n) is 4.41. The molecule has 16 heavy (non-hydrogen) atoms. The Balaban J connectivity index is 3.14. The van der Waals surface area contributed by atoms with Crippen LogP contribution in [0.2, 0.25) is 0 Å². The zero-order valence-electron chi connectivity index (χ0n) is 9.83. The van der Waals surface area contributed by atoms with Crippen molar-refractivity contribution in [1.82, 2.24) is 14.9 Å². The van der Waals surface area contributed by atoms with E-state index in [1.54, 1.807) is 27.7 Å². The Hall–Kier alpha value is -0.920. The van der Waals surface area contributed by atoms with Crippen LogP contribution in [-0.2, 0) is 10.0 Å². The molecular weight excluding hydrogens is 230 g/mol. The molecule has 0 atom stereocenters. The highest BCUT2D eigenvalue weighted by atomic mass is 32.2. The van der Waals surface area contributed by atoms with Gasteiger partial charge in [-0.25, -0.2) is 13.1 Å². The van der Waals surface area contributed by atoms with Crippen LogP contribution in [-0.4, -0.2) is 35.9 Å². The monoisotopic (exact) mass is 247 g/mol. The van der Waals surface area contributed by atoms with E-state index in [4.69, 9.17) is 5.11 Å². The Kier molecular flexibility index (Phi) is 3.41. The van der Waals surface area contributed by atoms with Gasteiger partial charge in [-0.15, -0.1) is 0 Å². The van der Waals surface area contributed by atoms with Gasteiger partial charge in [0, 0.05) is 0 Å². The molecule has 0 bridgehead atoms. The number of rotatable bonds is 4. The quantitative estimate of drug-likeness (QED) is 0.702. The second kappa shape index (κ2) is 4.15. The summed E-state index contributed by atoms with van der Waals surface area (Å²) in [5.74, 6) is 0. The molecular formula is C9H17N3O3S. The first-order valence-electron chi connectivity index (χ1n) is 4.86. The summed E-state index contributed by atoms with van der Waals surface area (Å²) in [6.07, 6.45) is 0. The third-order valence-corrected chi connectivity index (χ3v) is 4.10. The second-order valence-corrected chi connectivity index (χ2v) is 6.03. The number of hydrogen-bond acceptors (Lipinski definition) is 4. The largest absolute Gasteiger partial charge is 0.394 e. The molecule has 0 unspecified atom stereocenters. The number of aromatic nitrogens is 2. The predicted molar refractivity (Wildman–Crippen MR) is 59.5 cm³/mol. The van der Waals surface area contributed by atoms with E-state index in [1.807, 2.05) is 0 Å². The fraction of sp³-hybridized carbons (Fsp3) is 0.667. The topological polar surface area (TPSA) is 95.1 Å². The molecule has 0 saturated carbocycles. The Morgan fingerprint density at radius 2 is 2.00 bits per heavy atom. The normalized spacial score (nSPS) is 13.1. The predicted octanol–water partition coefficient (Wildman–Crippen LogP) is 0.0757. The van der Waals surface area contributed by atoms with Gasteiger partial charge in [0.25, 0.3) is 0 Å². The fourth-order valence-corrected chi connectivity index (χ4v) is 3.16. The minimum Gasteiger partial charge on any atom is -0.394 e. The molecule has 1 aromatic rings. The van der Waals surface area contributed by atoms with Crippen molar-refractivity contribution in [3.8, 4) is 0 Å². The molecule has 0 aromatic carbocycles. The van der Waals surface area contributed by atoms with Crippen molar-refractivity contribution in [2.75, 3.05) is 6.61 Å². The van der Waals surface area contributed by atoms with E-state index in [1.165, 1.54) is 0 Å². The summed E-state index contributed by atoms with van der Waals surface area (Å²) >= 11 is 0. The van der Waals surface area contributed by atoms with Crippen LogP contribution in [0.4, 0.5) is 0 Å². The Bertz CT molecular complexity index is 457. The van der Waals surface area contributed by atoms with Gasteiger partial charge < -0.3 is 5.11 Å². The van der Waals surface area contributed by atoms with E-state index >= 15 is 0 Å². The van der Waals surface area contributed by atoms with Gasteiger partial charge in [-0.1, -0.05) is 0 Å². The number of aliphatic hydroxyl groups is 1. The lowest BCUT2D eigenvalue weighted by molar-refractivity contribution is 0.208. The first-order chi connectivity index (χ1) is 7.19. The lowest BCUT2D eigenvalue weighted by atomic mass is 10.1. The molecule has 3 N–H and O–H groups in total. The molecule has 0 spiro atoms. The molecule has 1 rings (SSSR count). The van der Waals surface area contributed by atoms with Gasteiger partial charge >= 0.3 is 0 Å². The summed E-state index contributed by atoms with van der Waals surface area (Å²) in [5, 5.41) is 15.5. The number of H-pyrrole nitrogens is 1. The van der Waals surface area contributed by atoms with E-state index in [9.17, 15) is 8.42 Å². The van der Waals surface area contributed by atoms with Gasteiger partial charge in [0.2, 0.25) is 10.0 Å². The third kappa shape index (κ3) is 2.60. The van der Waals surface area contributed by atoms with Crippen molar-refractivity contribution in [2.24, 2.45) is 0 Å². The van der Waals surface area contributed by atoms with Crippen LogP contribution in [0.1, 0.15) is 25.2 Å². The first-order valence-corrected chi connectivity index (χ1v) is 6.34. The highest BCUT2D eigenvalue weighted by molar-refractivity contribution is 7.89. The smallest absolute Gasteiger partial charge is 0.244 e. The third-order valence-electron chi connectivity index (χ3n) is 2.14. The number of nitrogens with one attached hydrogen (secondary N) is 2. The Labute approximate surface area is 95.1 Å². The van der Waals surface area contributed by atoms with Gasteiger partial charge in [0.1, 0.15) is 4.90 Å². The minimum atomic E-state index is -3.65. The number of sulfonamides is 1. The number of nitrogens with zero attached hydrogens (tertiary/aromatic N) is 1. The molecule has 0 aliphatic heterocycles. The van der Waals surface area contributed by atoms with E-state index < -0.39 is 15.6 Å². The van der Waals surface area contributed by atoms with Crippen molar-refractivity contribution in [3.63, 3.8) is 0 Å². The summed E-state index contributed by atoms with van der Waals surface area (Å²) in [4.78, 5) is 0.147. The van der Waals surface area contributed by atoms with E-state index in [0.29, 0.717) is 11.4 Å². The number of aromatic amines is 1. The van der Waals surface area contributed by atoms with Gasteiger partial charge in [0.15, 0.2) is 0 Å². The van der Waals surface area contributed by atoms with Crippen molar-refractivity contribution < 1.29 is 13.5 Å². The van der Waals surface area contributed by atoms with Crippen LogP contribution in [0.3, 0.4) is 0 Å². The maximum absolute atomic E-state index is 12.0. The molecule has 7 heteroatoms. The van der Waals surface area contributed by atoms with Gasteiger partial charge in [-0.2, -0.15) is 5.10 Å². The molecule has 1 heterocycles. The zero-order chi connectivity index (χ0) is 12.6. The van der Waals surface area contributed by atoms with Crippen LogP contribution < -0.4 is 4.72 Å². The van der Waals surface area contributed by atoms with E-state index in [2.05, 4.69) is 14.9 Å². The summed E-state index contributed by atoms with van der Waals surface area (Å²) in [6, 6.07) is 0. The summed E-state index contributed by atoms with van der Waals surface area (Å²) in [6.45, 7) is 6.19. The molecule has 0 fully saturated rings. The van der Waals surface area contributed by atoms with Crippen molar-refractivity contribution in [1.29, 1.82) is 0 Å². The molecule has 1 aromatic heterocycles.